The molecule has 1 aliphatic heterocycles. The summed E-state index contributed by atoms with van der Waals surface area (Å²) in [6.07, 6.45) is 4.09. The first-order valence-corrected chi connectivity index (χ1v) is 8.48. The first kappa shape index (κ1) is 16.6. The molecule has 0 spiro atoms. The third kappa shape index (κ3) is 4.38. The van der Waals surface area contributed by atoms with Crippen LogP contribution in [0.1, 0.15) is 23.3 Å². The number of anilines is 1. The summed E-state index contributed by atoms with van der Waals surface area (Å²) in [5.41, 5.74) is 1.50. The largest absolute Gasteiger partial charge is 0.492 e. The molecule has 24 heavy (non-hydrogen) atoms. The lowest BCUT2D eigenvalue weighted by Gasteiger charge is -2.17. The van der Waals surface area contributed by atoms with Gasteiger partial charge < -0.3 is 15.0 Å². The normalized spacial score (nSPS) is 13.8. The number of rotatable bonds is 6. The summed E-state index contributed by atoms with van der Waals surface area (Å²) in [5.74, 6) is 0.540. The minimum absolute atomic E-state index is 0.184. The number of carbonyl (C=O) groups is 1. The highest BCUT2D eigenvalue weighted by Crippen LogP contribution is 2.20. The van der Waals surface area contributed by atoms with Gasteiger partial charge in [0.05, 0.1) is 6.54 Å². The number of nitrogens with zero attached hydrogens (tertiary/aromatic N) is 2. The van der Waals surface area contributed by atoms with Crippen molar-refractivity contribution in [1.29, 1.82) is 0 Å². The Morgan fingerprint density at radius 1 is 1.21 bits per heavy atom. The summed E-state index contributed by atoms with van der Waals surface area (Å²) in [6, 6.07) is 10.9. The number of carbonyl (C=O) groups excluding carboxylic acids is 1. The van der Waals surface area contributed by atoms with E-state index >= 15 is 0 Å². The van der Waals surface area contributed by atoms with Crippen LogP contribution in [0.2, 0.25) is 5.02 Å². The Morgan fingerprint density at radius 2 is 1.96 bits per heavy atom. The Bertz CT molecular complexity index is 685. The number of halogens is 1. The van der Waals surface area contributed by atoms with E-state index in [9.17, 15) is 4.79 Å². The Balaban J connectivity index is 1.48. The Hall–Kier alpha value is -2.27. The minimum atomic E-state index is -0.184. The molecular formula is C18H20ClN3O2. The molecule has 2 heterocycles. The summed E-state index contributed by atoms with van der Waals surface area (Å²) < 4.78 is 5.55. The smallest absolute Gasteiger partial charge is 0.270 e. The van der Waals surface area contributed by atoms with E-state index in [0.717, 1.165) is 24.5 Å². The van der Waals surface area contributed by atoms with Crippen molar-refractivity contribution in [3.8, 4) is 5.75 Å². The maximum absolute atomic E-state index is 12.2. The first-order valence-electron chi connectivity index (χ1n) is 8.10. The van der Waals surface area contributed by atoms with Gasteiger partial charge in [0.2, 0.25) is 0 Å². The molecule has 1 amide bonds. The van der Waals surface area contributed by atoms with E-state index in [1.165, 1.54) is 12.8 Å². The highest BCUT2D eigenvalue weighted by molar-refractivity contribution is 6.30. The molecule has 1 aromatic heterocycles. The van der Waals surface area contributed by atoms with Crippen LogP contribution < -0.4 is 15.0 Å². The Morgan fingerprint density at radius 3 is 2.71 bits per heavy atom. The number of ether oxygens (including phenoxy) is 1. The number of amides is 1. The van der Waals surface area contributed by atoms with Crippen molar-refractivity contribution in [2.75, 3.05) is 31.1 Å². The lowest BCUT2D eigenvalue weighted by atomic mass is 10.3. The second-order valence-corrected chi connectivity index (χ2v) is 6.09. The lowest BCUT2D eigenvalue weighted by molar-refractivity contribution is 0.0942. The third-order valence-electron chi connectivity index (χ3n) is 3.92. The van der Waals surface area contributed by atoms with Gasteiger partial charge in [0.15, 0.2) is 0 Å². The molecule has 0 bridgehead atoms. The van der Waals surface area contributed by atoms with Gasteiger partial charge in [0.1, 0.15) is 18.1 Å². The van der Waals surface area contributed by atoms with Crippen LogP contribution in [-0.4, -0.2) is 37.1 Å². The van der Waals surface area contributed by atoms with Crippen molar-refractivity contribution in [2.24, 2.45) is 0 Å². The summed E-state index contributed by atoms with van der Waals surface area (Å²) in [6.45, 7) is 2.89. The van der Waals surface area contributed by atoms with Crippen molar-refractivity contribution in [1.82, 2.24) is 10.3 Å². The number of pyridine rings is 1. The van der Waals surface area contributed by atoms with E-state index in [-0.39, 0.29) is 5.91 Å². The van der Waals surface area contributed by atoms with Crippen molar-refractivity contribution in [2.45, 2.75) is 12.8 Å². The number of nitrogens with one attached hydrogen (secondary N) is 1. The molecule has 1 fully saturated rings. The molecule has 126 valence electrons. The summed E-state index contributed by atoms with van der Waals surface area (Å²) >= 11 is 5.82. The zero-order valence-corrected chi connectivity index (χ0v) is 14.1. The molecule has 1 aromatic carbocycles. The standard InChI is InChI=1S/C18H20ClN3O2/c19-14-3-5-16(6-4-14)24-12-9-21-18(23)17-13-15(7-8-20-17)22-10-1-2-11-22/h3-8,13H,1-2,9-12H2,(H,21,23). The van der Waals surface area contributed by atoms with Gasteiger partial charge in [-0.2, -0.15) is 0 Å². The predicted octanol–water partition coefficient (Wildman–Crippen LogP) is 3.14. The van der Waals surface area contributed by atoms with Gasteiger partial charge >= 0.3 is 0 Å². The molecule has 0 radical (unpaired) electrons. The quantitative estimate of drug-likeness (QED) is 0.817. The summed E-state index contributed by atoms with van der Waals surface area (Å²) in [4.78, 5) is 18.6. The average molecular weight is 346 g/mol. The third-order valence-corrected chi connectivity index (χ3v) is 4.17. The number of hydrogen-bond donors (Lipinski definition) is 1. The highest BCUT2D eigenvalue weighted by atomic mass is 35.5. The highest BCUT2D eigenvalue weighted by Gasteiger charge is 2.14. The maximum Gasteiger partial charge on any atom is 0.270 e. The molecule has 0 unspecified atom stereocenters. The molecule has 0 atom stereocenters. The summed E-state index contributed by atoms with van der Waals surface area (Å²) in [7, 11) is 0. The monoisotopic (exact) mass is 345 g/mol. The van der Waals surface area contributed by atoms with Crippen LogP contribution in [0.15, 0.2) is 42.6 Å². The molecule has 1 aliphatic rings. The van der Waals surface area contributed by atoms with Crippen molar-refractivity contribution >= 4 is 23.2 Å². The van der Waals surface area contributed by atoms with Crippen LogP contribution in [0.3, 0.4) is 0 Å². The van der Waals surface area contributed by atoms with Gasteiger partial charge in [-0.05, 0) is 49.2 Å². The predicted molar refractivity (Wildman–Crippen MR) is 95.0 cm³/mol. The van der Waals surface area contributed by atoms with Gasteiger partial charge in [-0.1, -0.05) is 11.6 Å². The fourth-order valence-corrected chi connectivity index (χ4v) is 2.80. The van der Waals surface area contributed by atoms with Crippen molar-refractivity contribution in [3.63, 3.8) is 0 Å². The fourth-order valence-electron chi connectivity index (χ4n) is 2.67. The summed E-state index contributed by atoms with van der Waals surface area (Å²) in [5, 5.41) is 3.49. The Kier molecular flexibility index (Phi) is 5.54. The zero-order chi connectivity index (χ0) is 16.8. The van der Waals surface area contributed by atoms with Crippen LogP contribution >= 0.6 is 11.6 Å². The van der Waals surface area contributed by atoms with Crippen LogP contribution in [0.5, 0.6) is 5.75 Å². The van der Waals surface area contributed by atoms with E-state index in [0.29, 0.717) is 23.9 Å². The number of aromatic nitrogens is 1. The van der Waals surface area contributed by atoms with E-state index in [1.807, 2.05) is 12.1 Å². The van der Waals surface area contributed by atoms with Crippen LogP contribution in [0.4, 0.5) is 5.69 Å². The van der Waals surface area contributed by atoms with Crippen LogP contribution in [-0.2, 0) is 0 Å². The molecule has 6 heteroatoms. The van der Waals surface area contributed by atoms with Crippen molar-refractivity contribution in [3.05, 3.63) is 53.3 Å². The van der Waals surface area contributed by atoms with Gasteiger partial charge in [0, 0.05) is 30.0 Å². The molecule has 0 saturated carbocycles. The molecule has 2 aromatic rings. The zero-order valence-electron chi connectivity index (χ0n) is 13.4. The second kappa shape index (κ2) is 8.02. The molecule has 5 nitrogen and oxygen atoms in total. The van der Waals surface area contributed by atoms with Gasteiger partial charge in [-0.25, -0.2) is 0 Å². The van der Waals surface area contributed by atoms with Crippen molar-refractivity contribution < 1.29 is 9.53 Å². The SMILES string of the molecule is O=C(NCCOc1ccc(Cl)cc1)c1cc(N2CCCC2)ccn1. The molecule has 0 aliphatic carbocycles. The fraction of sp³-hybridized carbons (Fsp3) is 0.333. The first-order chi connectivity index (χ1) is 11.7. The maximum atomic E-state index is 12.2. The molecule has 1 saturated heterocycles. The molecule has 3 rings (SSSR count). The molecule has 1 N–H and O–H groups in total. The van der Waals surface area contributed by atoms with E-state index < -0.39 is 0 Å². The second-order valence-electron chi connectivity index (χ2n) is 5.65. The lowest BCUT2D eigenvalue weighted by Crippen LogP contribution is -2.29. The van der Waals surface area contributed by atoms with Crippen LogP contribution in [0, 0.1) is 0 Å². The number of hydrogen-bond acceptors (Lipinski definition) is 4. The minimum Gasteiger partial charge on any atom is -0.492 e. The van der Waals surface area contributed by atoms with Crippen LogP contribution in [0.25, 0.3) is 0 Å². The average Bonchev–Trinajstić information content (AvgIpc) is 3.15. The van der Waals surface area contributed by atoms with E-state index in [4.69, 9.17) is 16.3 Å². The van der Waals surface area contributed by atoms with Gasteiger partial charge in [0.25, 0.3) is 5.91 Å². The topological polar surface area (TPSA) is 54.5 Å². The van der Waals surface area contributed by atoms with E-state index in [1.54, 1.807) is 30.5 Å². The van der Waals surface area contributed by atoms with Gasteiger partial charge in [-0.15, -0.1) is 0 Å². The number of benzene rings is 1. The molecular weight excluding hydrogens is 326 g/mol. The van der Waals surface area contributed by atoms with E-state index in [2.05, 4.69) is 15.2 Å². The Labute approximate surface area is 146 Å². The van der Waals surface area contributed by atoms with Gasteiger partial charge in [-0.3, -0.25) is 9.78 Å².